The molecule has 0 spiro atoms. The number of hydrogen-bond donors (Lipinski definition) is 0. The summed E-state index contributed by atoms with van der Waals surface area (Å²) < 4.78 is 2.64. The number of anilines is 3. The smallest absolute Gasteiger partial charge is 0.0546 e. The number of rotatable bonds is 6. The average Bonchev–Trinajstić information content (AvgIpc) is 3.60. The Kier molecular flexibility index (Phi) is 7.41. The highest BCUT2D eigenvalue weighted by Gasteiger charge is 2.20. The zero-order chi connectivity index (χ0) is 34.4. The van der Waals surface area contributed by atoms with Crippen LogP contribution >= 0.6 is 11.3 Å². The largest absolute Gasteiger partial charge is 0.310 e. The molecule has 0 saturated heterocycles. The second kappa shape index (κ2) is 12.7. The molecule has 52 heavy (non-hydrogen) atoms. The van der Waals surface area contributed by atoms with Crippen molar-refractivity contribution in [2.24, 2.45) is 0 Å². The summed E-state index contributed by atoms with van der Waals surface area (Å²) in [5, 5.41) is 7.67. The van der Waals surface area contributed by atoms with E-state index in [4.69, 9.17) is 0 Å². The molecule has 0 bridgehead atoms. The molecule has 0 radical (unpaired) electrons. The monoisotopic (exact) mass is 679 g/mol. The molecule has 0 unspecified atom stereocenters. The topological polar surface area (TPSA) is 3.24 Å². The van der Waals surface area contributed by atoms with Crippen LogP contribution in [0.3, 0.4) is 0 Å². The van der Waals surface area contributed by atoms with Gasteiger partial charge in [-0.2, -0.15) is 0 Å². The van der Waals surface area contributed by atoms with Gasteiger partial charge in [0.25, 0.3) is 0 Å². The van der Waals surface area contributed by atoms with Crippen LogP contribution in [0.1, 0.15) is 0 Å². The fourth-order valence-corrected chi connectivity index (χ4v) is 8.86. The van der Waals surface area contributed by atoms with E-state index in [1.54, 1.807) is 0 Å². The van der Waals surface area contributed by atoms with Gasteiger partial charge in [0.05, 0.1) is 5.69 Å². The molecule has 0 N–H and O–H groups in total. The Morgan fingerprint density at radius 2 is 0.923 bits per heavy atom. The van der Waals surface area contributed by atoms with Crippen LogP contribution in [-0.4, -0.2) is 0 Å². The molecule has 2 heteroatoms. The van der Waals surface area contributed by atoms with Crippen LogP contribution in [0.15, 0.2) is 200 Å². The SMILES string of the molecule is c1ccc(-c2ccc(-c3cc4ccccc4c4ccccc34)cc2N(c2ccccc2)c2cccc(-c3ccc4sc5ccccc5c4c3)c2)cc1. The van der Waals surface area contributed by atoms with Gasteiger partial charge in [-0.3, -0.25) is 0 Å². The van der Waals surface area contributed by atoms with Crippen molar-refractivity contribution >= 4 is 70.1 Å². The molecule has 1 heterocycles. The first-order valence-corrected chi connectivity index (χ1v) is 18.6. The maximum atomic E-state index is 2.43. The molecule has 0 aliphatic rings. The minimum Gasteiger partial charge on any atom is -0.310 e. The van der Waals surface area contributed by atoms with Gasteiger partial charge >= 0.3 is 0 Å². The average molecular weight is 680 g/mol. The lowest BCUT2D eigenvalue weighted by molar-refractivity contribution is 1.28. The summed E-state index contributed by atoms with van der Waals surface area (Å²) in [6, 6.07) is 73.0. The summed E-state index contributed by atoms with van der Waals surface area (Å²) >= 11 is 1.86. The second-order valence-corrected chi connectivity index (χ2v) is 14.4. The lowest BCUT2D eigenvalue weighted by atomic mass is 9.91. The van der Waals surface area contributed by atoms with E-state index in [1.165, 1.54) is 75.1 Å². The number of hydrogen-bond acceptors (Lipinski definition) is 2. The molecule has 0 atom stereocenters. The zero-order valence-corrected chi connectivity index (χ0v) is 29.2. The van der Waals surface area contributed by atoms with Crippen LogP contribution in [0.25, 0.3) is 75.1 Å². The van der Waals surface area contributed by atoms with Crippen molar-refractivity contribution in [2.75, 3.05) is 4.90 Å². The fourth-order valence-electron chi connectivity index (χ4n) is 7.77. The Bertz CT molecular complexity index is 2910. The standard InChI is InChI=1S/C50H33NS/c1-3-14-34(15-4-1)42-28-26-38(46-32-37-16-7-8-21-41(37)43-22-9-10-23-44(43)46)33-48(42)51(39-18-5-2-6-19-39)40-20-13-17-35(30-40)36-27-29-50-47(31-36)45-24-11-12-25-49(45)52-50/h1-33H. The van der Waals surface area contributed by atoms with Gasteiger partial charge in [-0.15, -0.1) is 11.3 Å². The van der Waals surface area contributed by atoms with Crippen LogP contribution in [0, 0.1) is 0 Å². The Morgan fingerprint density at radius 3 is 1.77 bits per heavy atom. The first-order chi connectivity index (χ1) is 25.8. The number of benzene rings is 9. The highest BCUT2D eigenvalue weighted by atomic mass is 32.1. The summed E-state index contributed by atoms with van der Waals surface area (Å²) in [6.07, 6.45) is 0. The van der Waals surface area contributed by atoms with E-state index in [1.807, 2.05) is 11.3 Å². The molecule has 0 saturated carbocycles. The van der Waals surface area contributed by atoms with Gasteiger partial charge in [0.15, 0.2) is 0 Å². The molecule has 10 aromatic rings. The molecule has 0 amide bonds. The summed E-state index contributed by atoms with van der Waals surface area (Å²) in [4.78, 5) is 2.43. The van der Waals surface area contributed by atoms with Crippen molar-refractivity contribution in [1.82, 2.24) is 0 Å². The normalized spacial score (nSPS) is 11.5. The van der Waals surface area contributed by atoms with Gasteiger partial charge in [0.1, 0.15) is 0 Å². The zero-order valence-electron chi connectivity index (χ0n) is 28.4. The number of fused-ring (bicyclic) bond motifs is 6. The summed E-state index contributed by atoms with van der Waals surface area (Å²) in [5.41, 5.74) is 10.5. The highest BCUT2D eigenvalue weighted by Crippen LogP contribution is 2.45. The molecular formula is C50H33NS. The maximum Gasteiger partial charge on any atom is 0.0546 e. The minimum absolute atomic E-state index is 1.11. The van der Waals surface area contributed by atoms with Crippen LogP contribution in [0.4, 0.5) is 17.1 Å². The number of nitrogens with zero attached hydrogens (tertiary/aromatic N) is 1. The van der Waals surface area contributed by atoms with E-state index in [2.05, 4.69) is 205 Å². The number of thiophene rings is 1. The van der Waals surface area contributed by atoms with Gasteiger partial charge in [-0.25, -0.2) is 0 Å². The second-order valence-electron chi connectivity index (χ2n) is 13.3. The van der Waals surface area contributed by atoms with Crippen molar-refractivity contribution in [1.29, 1.82) is 0 Å². The molecule has 0 aliphatic heterocycles. The van der Waals surface area contributed by atoms with Crippen molar-refractivity contribution in [2.45, 2.75) is 0 Å². The lowest BCUT2D eigenvalue weighted by Gasteiger charge is -2.29. The summed E-state index contributed by atoms with van der Waals surface area (Å²) in [7, 11) is 0. The van der Waals surface area contributed by atoms with E-state index >= 15 is 0 Å². The van der Waals surface area contributed by atoms with Crippen LogP contribution in [-0.2, 0) is 0 Å². The predicted molar refractivity (Wildman–Crippen MR) is 225 cm³/mol. The predicted octanol–water partition coefficient (Wildman–Crippen LogP) is 14.8. The van der Waals surface area contributed by atoms with E-state index in [0.717, 1.165) is 17.1 Å². The highest BCUT2D eigenvalue weighted by molar-refractivity contribution is 7.25. The van der Waals surface area contributed by atoms with Crippen molar-refractivity contribution in [3.8, 4) is 33.4 Å². The molecule has 0 fully saturated rings. The van der Waals surface area contributed by atoms with Crippen LogP contribution in [0.2, 0.25) is 0 Å². The third kappa shape index (κ3) is 5.24. The molecule has 244 valence electrons. The Hall–Kier alpha value is -6.48. The molecule has 0 aliphatic carbocycles. The fraction of sp³-hybridized carbons (Fsp3) is 0. The van der Waals surface area contributed by atoms with Crippen molar-refractivity contribution < 1.29 is 0 Å². The molecule has 10 rings (SSSR count). The van der Waals surface area contributed by atoms with Crippen molar-refractivity contribution in [3.63, 3.8) is 0 Å². The number of para-hydroxylation sites is 1. The van der Waals surface area contributed by atoms with Gasteiger partial charge in [-0.05, 0) is 104 Å². The summed E-state index contributed by atoms with van der Waals surface area (Å²) in [6.45, 7) is 0. The van der Waals surface area contributed by atoms with Gasteiger partial charge in [-0.1, -0.05) is 146 Å². The lowest BCUT2D eigenvalue weighted by Crippen LogP contribution is -2.11. The van der Waals surface area contributed by atoms with Gasteiger partial charge in [0, 0.05) is 37.1 Å². The van der Waals surface area contributed by atoms with E-state index in [9.17, 15) is 0 Å². The minimum atomic E-state index is 1.11. The van der Waals surface area contributed by atoms with E-state index in [0.29, 0.717) is 0 Å². The molecular weight excluding hydrogens is 647 g/mol. The van der Waals surface area contributed by atoms with Crippen LogP contribution in [0.5, 0.6) is 0 Å². The molecule has 1 nitrogen and oxygen atoms in total. The van der Waals surface area contributed by atoms with Gasteiger partial charge in [0.2, 0.25) is 0 Å². The first-order valence-electron chi connectivity index (χ1n) is 17.8. The van der Waals surface area contributed by atoms with E-state index in [-0.39, 0.29) is 0 Å². The maximum absolute atomic E-state index is 2.43. The Morgan fingerprint density at radius 1 is 0.308 bits per heavy atom. The molecule has 9 aromatic carbocycles. The van der Waals surface area contributed by atoms with Crippen LogP contribution < -0.4 is 4.90 Å². The quantitative estimate of drug-likeness (QED) is 0.158. The molecule has 1 aromatic heterocycles. The van der Waals surface area contributed by atoms with E-state index < -0.39 is 0 Å². The Labute approximate surface area is 307 Å². The van der Waals surface area contributed by atoms with Crippen molar-refractivity contribution in [3.05, 3.63) is 200 Å². The summed E-state index contributed by atoms with van der Waals surface area (Å²) in [5.74, 6) is 0. The first kappa shape index (κ1) is 30.4. The third-order valence-electron chi connectivity index (χ3n) is 10.2. The van der Waals surface area contributed by atoms with Gasteiger partial charge < -0.3 is 4.90 Å². The Balaban J connectivity index is 1.20. The third-order valence-corrected chi connectivity index (χ3v) is 11.4.